The van der Waals surface area contributed by atoms with Gasteiger partial charge in [0.25, 0.3) is 0 Å². The molecule has 0 atom stereocenters. The summed E-state index contributed by atoms with van der Waals surface area (Å²) in [5, 5.41) is 3.16. The fourth-order valence-electron chi connectivity index (χ4n) is 3.03. The Kier molecular flexibility index (Phi) is 6.05. The monoisotopic (exact) mass is 289 g/mol. The third kappa shape index (κ3) is 5.38. The number of anilines is 1. The van der Waals surface area contributed by atoms with E-state index < -0.39 is 0 Å². The van der Waals surface area contributed by atoms with Crippen LogP contribution >= 0.6 is 0 Å². The molecule has 0 saturated heterocycles. The Labute approximate surface area is 127 Å². The van der Waals surface area contributed by atoms with Crippen LogP contribution in [0.2, 0.25) is 0 Å². The van der Waals surface area contributed by atoms with Crippen molar-refractivity contribution >= 4 is 11.6 Å². The summed E-state index contributed by atoms with van der Waals surface area (Å²) in [6, 6.07) is 8.30. The zero-order valence-corrected chi connectivity index (χ0v) is 13.0. The van der Waals surface area contributed by atoms with Crippen LogP contribution in [0.25, 0.3) is 0 Å². The van der Waals surface area contributed by atoms with Gasteiger partial charge in [-0.2, -0.15) is 0 Å². The number of nitrogens with zero attached hydrogens (tertiary/aromatic N) is 1. The van der Waals surface area contributed by atoms with Crippen LogP contribution in [0, 0.1) is 0 Å². The van der Waals surface area contributed by atoms with Crippen LogP contribution < -0.4 is 11.1 Å². The highest BCUT2D eigenvalue weighted by Crippen LogP contribution is 2.17. The van der Waals surface area contributed by atoms with Gasteiger partial charge in [-0.1, -0.05) is 31.9 Å². The van der Waals surface area contributed by atoms with Crippen molar-refractivity contribution in [3.63, 3.8) is 0 Å². The van der Waals surface area contributed by atoms with Crippen molar-refractivity contribution in [3.05, 3.63) is 29.8 Å². The molecule has 21 heavy (non-hydrogen) atoms. The highest BCUT2D eigenvalue weighted by Gasteiger charge is 2.18. The second-order valence-corrected chi connectivity index (χ2v) is 6.00. The molecule has 0 radical (unpaired) electrons. The minimum Gasteiger partial charge on any atom is -0.399 e. The number of amides is 1. The van der Waals surface area contributed by atoms with E-state index in [1.54, 1.807) is 0 Å². The van der Waals surface area contributed by atoms with Crippen LogP contribution in [0.1, 0.15) is 44.6 Å². The first-order chi connectivity index (χ1) is 10.2. The number of hydrogen-bond acceptors (Lipinski definition) is 3. The molecule has 1 aromatic rings. The molecule has 0 aromatic heterocycles. The lowest BCUT2D eigenvalue weighted by atomic mass is 10.2. The summed E-state index contributed by atoms with van der Waals surface area (Å²) in [5.41, 5.74) is 7.76. The smallest absolute Gasteiger partial charge is 0.234 e. The molecular weight excluding hydrogens is 262 g/mol. The van der Waals surface area contributed by atoms with Gasteiger partial charge in [0.05, 0.1) is 6.54 Å². The first kappa shape index (κ1) is 15.8. The number of nitrogens with one attached hydrogen (secondary N) is 1. The standard InChI is InChI=1S/C17H27N3O/c1-2-10-20(12-14-6-5-7-15(18)11-14)13-17(21)19-16-8-3-4-9-16/h5-7,11,16H,2-4,8-10,12-13,18H2,1H3,(H,19,21). The van der Waals surface area contributed by atoms with E-state index in [2.05, 4.69) is 23.2 Å². The normalized spacial score (nSPS) is 15.5. The summed E-state index contributed by atoms with van der Waals surface area (Å²) in [7, 11) is 0. The average Bonchev–Trinajstić information content (AvgIpc) is 2.91. The second kappa shape index (κ2) is 8.03. The maximum Gasteiger partial charge on any atom is 0.234 e. The first-order valence-electron chi connectivity index (χ1n) is 8.03. The van der Waals surface area contributed by atoms with Gasteiger partial charge in [0.15, 0.2) is 0 Å². The molecule has 0 unspecified atom stereocenters. The van der Waals surface area contributed by atoms with E-state index in [9.17, 15) is 4.79 Å². The Balaban J connectivity index is 1.87. The highest BCUT2D eigenvalue weighted by molar-refractivity contribution is 5.78. The van der Waals surface area contributed by atoms with Crippen molar-refractivity contribution in [1.82, 2.24) is 10.2 Å². The molecule has 2 rings (SSSR count). The molecule has 1 saturated carbocycles. The van der Waals surface area contributed by atoms with Gasteiger partial charge in [-0.3, -0.25) is 9.69 Å². The van der Waals surface area contributed by atoms with E-state index in [1.165, 1.54) is 12.8 Å². The molecule has 1 fully saturated rings. The van der Waals surface area contributed by atoms with Crippen molar-refractivity contribution in [2.75, 3.05) is 18.8 Å². The van der Waals surface area contributed by atoms with Gasteiger partial charge in [-0.25, -0.2) is 0 Å². The predicted octanol–water partition coefficient (Wildman–Crippen LogP) is 2.54. The third-order valence-electron chi connectivity index (χ3n) is 3.98. The molecule has 0 bridgehead atoms. The summed E-state index contributed by atoms with van der Waals surface area (Å²) >= 11 is 0. The van der Waals surface area contributed by atoms with Gasteiger partial charge in [-0.15, -0.1) is 0 Å². The lowest BCUT2D eigenvalue weighted by molar-refractivity contribution is -0.123. The largest absolute Gasteiger partial charge is 0.399 e. The molecule has 1 amide bonds. The predicted molar refractivity (Wildman–Crippen MR) is 86.8 cm³/mol. The highest BCUT2D eigenvalue weighted by atomic mass is 16.2. The topological polar surface area (TPSA) is 58.4 Å². The molecule has 1 aliphatic carbocycles. The molecular formula is C17H27N3O. The zero-order valence-electron chi connectivity index (χ0n) is 13.0. The van der Waals surface area contributed by atoms with Crippen LogP contribution in [0.5, 0.6) is 0 Å². The molecule has 0 aliphatic heterocycles. The van der Waals surface area contributed by atoms with E-state index in [4.69, 9.17) is 5.73 Å². The van der Waals surface area contributed by atoms with E-state index >= 15 is 0 Å². The molecule has 4 nitrogen and oxygen atoms in total. The van der Waals surface area contributed by atoms with Crippen LogP contribution in [-0.2, 0) is 11.3 Å². The summed E-state index contributed by atoms with van der Waals surface area (Å²) in [6.07, 6.45) is 5.79. The summed E-state index contributed by atoms with van der Waals surface area (Å²) in [5.74, 6) is 0.152. The van der Waals surface area contributed by atoms with Gasteiger partial charge in [-0.05, 0) is 43.5 Å². The molecule has 1 aromatic carbocycles. The second-order valence-electron chi connectivity index (χ2n) is 6.00. The van der Waals surface area contributed by atoms with Gasteiger partial charge in [0.2, 0.25) is 5.91 Å². The quantitative estimate of drug-likeness (QED) is 0.758. The van der Waals surface area contributed by atoms with Crippen LogP contribution in [0.3, 0.4) is 0 Å². The molecule has 0 heterocycles. The maximum absolute atomic E-state index is 12.2. The SMILES string of the molecule is CCCN(CC(=O)NC1CCCC1)Cc1cccc(N)c1. The minimum absolute atomic E-state index is 0.152. The lowest BCUT2D eigenvalue weighted by Crippen LogP contribution is -2.41. The fraction of sp³-hybridized carbons (Fsp3) is 0.588. The number of nitrogens with two attached hydrogens (primary N) is 1. The Morgan fingerprint density at radius 2 is 2.14 bits per heavy atom. The van der Waals surface area contributed by atoms with Gasteiger partial charge in [0.1, 0.15) is 0 Å². The first-order valence-corrected chi connectivity index (χ1v) is 8.03. The van der Waals surface area contributed by atoms with E-state index in [0.717, 1.165) is 43.6 Å². The fourth-order valence-corrected chi connectivity index (χ4v) is 3.03. The molecule has 116 valence electrons. The van der Waals surface area contributed by atoms with E-state index in [1.807, 2.05) is 18.2 Å². The maximum atomic E-state index is 12.2. The molecule has 0 spiro atoms. The number of carbonyl (C=O) groups excluding carboxylic acids is 1. The summed E-state index contributed by atoms with van der Waals surface area (Å²) in [6.45, 7) is 4.31. The van der Waals surface area contributed by atoms with Crippen LogP contribution in [0.15, 0.2) is 24.3 Å². The van der Waals surface area contributed by atoms with Gasteiger partial charge in [0, 0.05) is 18.3 Å². The van der Waals surface area contributed by atoms with E-state index in [0.29, 0.717) is 12.6 Å². The van der Waals surface area contributed by atoms with Crippen molar-refractivity contribution in [2.45, 2.75) is 51.6 Å². The number of benzene rings is 1. The van der Waals surface area contributed by atoms with Crippen molar-refractivity contribution in [3.8, 4) is 0 Å². The Bertz CT molecular complexity index is 455. The van der Waals surface area contributed by atoms with Crippen molar-refractivity contribution in [2.24, 2.45) is 0 Å². The number of rotatable bonds is 7. The van der Waals surface area contributed by atoms with Crippen LogP contribution in [-0.4, -0.2) is 29.9 Å². The van der Waals surface area contributed by atoms with Crippen molar-refractivity contribution < 1.29 is 4.79 Å². The van der Waals surface area contributed by atoms with Crippen LogP contribution in [0.4, 0.5) is 5.69 Å². The van der Waals surface area contributed by atoms with Crippen molar-refractivity contribution in [1.29, 1.82) is 0 Å². The number of carbonyl (C=O) groups is 1. The minimum atomic E-state index is 0.152. The Hall–Kier alpha value is -1.55. The zero-order chi connectivity index (χ0) is 15.1. The summed E-state index contributed by atoms with van der Waals surface area (Å²) < 4.78 is 0. The lowest BCUT2D eigenvalue weighted by Gasteiger charge is -2.22. The van der Waals surface area contributed by atoms with E-state index in [-0.39, 0.29) is 5.91 Å². The summed E-state index contributed by atoms with van der Waals surface area (Å²) in [4.78, 5) is 14.4. The third-order valence-corrected chi connectivity index (χ3v) is 3.98. The Morgan fingerprint density at radius 3 is 2.81 bits per heavy atom. The van der Waals surface area contributed by atoms with Gasteiger partial charge < -0.3 is 11.1 Å². The van der Waals surface area contributed by atoms with Gasteiger partial charge >= 0.3 is 0 Å². The Morgan fingerprint density at radius 1 is 1.38 bits per heavy atom. The number of hydrogen-bond donors (Lipinski definition) is 2. The molecule has 4 heteroatoms. The number of nitrogen functional groups attached to an aromatic ring is 1. The average molecular weight is 289 g/mol. The molecule has 1 aliphatic rings. The molecule has 3 N–H and O–H groups in total.